The highest BCUT2D eigenvalue weighted by Gasteiger charge is 2.31. The van der Waals surface area contributed by atoms with Crippen LogP contribution in [0.15, 0.2) is 0 Å². The molecule has 0 saturated carbocycles. The molecule has 0 aromatic rings. The Morgan fingerprint density at radius 3 is 2.53 bits per heavy atom. The summed E-state index contributed by atoms with van der Waals surface area (Å²) < 4.78 is 11.1. The SMILES string of the molecule is CNC(C1CCCOC1)C(OC)C(C)C. The largest absolute Gasteiger partial charge is 0.381 e. The number of hydrogen-bond acceptors (Lipinski definition) is 3. The van der Waals surface area contributed by atoms with E-state index in [9.17, 15) is 0 Å². The summed E-state index contributed by atoms with van der Waals surface area (Å²) in [6.45, 7) is 6.22. The van der Waals surface area contributed by atoms with E-state index in [2.05, 4.69) is 19.2 Å². The second kappa shape index (κ2) is 6.46. The van der Waals surface area contributed by atoms with Crippen LogP contribution in [0.3, 0.4) is 0 Å². The molecule has 1 aliphatic rings. The Morgan fingerprint density at radius 1 is 1.40 bits per heavy atom. The summed E-state index contributed by atoms with van der Waals surface area (Å²) in [5, 5.41) is 3.40. The van der Waals surface area contributed by atoms with Gasteiger partial charge in [-0.05, 0) is 25.8 Å². The Hall–Kier alpha value is -0.120. The maximum Gasteiger partial charge on any atom is 0.0750 e. The minimum atomic E-state index is 0.279. The fourth-order valence-electron chi connectivity index (χ4n) is 2.55. The molecule has 15 heavy (non-hydrogen) atoms. The van der Waals surface area contributed by atoms with Crippen LogP contribution in [-0.4, -0.2) is 39.5 Å². The van der Waals surface area contributed by atoms with E-state index < -0.39 is 0 Å². The van der Waals surface area contributed by atoms with E-state index in [-0.39, 0.29) is 6.10 Å². The highest BCUT2D eigenvalue weighted by Crippen LogP contribution is 2.23. The molecule has 1 aliphatic heterocycles. The number of methoxy groups -OCH3 is 1. The molecule has 3 heteroatoms. The quantitative estimate of drug-likeness (QED) is 0.757. The zero-order valence-corrected chi connectivity index (χ0v) is 10.5. The summed E-state index contributed by atoms with van der Waals surface area (Å²) in [6.07, 6.45) is 2.71. The van der Waals surface area contributed by atoms with Crippen molar-refractivity contribution in [3.63, 3.8) is 0 Å². The lowest BCUT2D eigenvalue weighted by molar-refractivity contribution is -0.0241. The molecule has 1 saturated heterocycles. The Labute approximate surface area is 93.5 Å². The van der Waals surface area contributed by atoms with E-state index in [4.69, 9.17) is 9.47 Å². The lowest BCUT2D eigenvalue weighted by Crippen LogP contribution is -2.49. The molecule has 0 spiro atoms. The van der Waals surface area contributed by atoms with Crippen LogP contribution < -0.4 is 5.32 Å². The molecule has 1 rings (SSSR count). The summed E-state index contributed by atoms with van der Waals surface area (Å²) in [5.74, 6) is 1.13. The van der Waals surface area contributed by atoms with Gasteiger partial charge in [-0.15, -0.1) is 0 Å². The topological polar surface area (TPSA) is 30.5 Å². The second-order valence-corrected chi connectivity index (χ2v) is 4.74. The number of ether oxygens (including phenoxy) is 2. The Bertz CT molecular complexity index is 167. The van der Waals surface area contributed by atoms with E-state index in [1.165, 1.54) is 12.8 Å². The lowest BCUT2D eigenvalue weighted by Gasteiger charge is -2.36. The van der Waals surface area contributed by atoms with Crippen molar-refractivity contribution in [1.82, 2.24) is 5.32 Å². The molecule has 0 amide bonds. The molecule has 0 bridgehead atoms. The molecule has 1 heterocycles. The van der Waals surface area contributed by atoms with Gasteiger partial charge in [0.05, 0.1) is 12.7 Å². The molecule has 90 valence electrons. The van der Waals surface area contributed by atoms with Crippen molar-refractivity contribution in [2.24, 2.45) is 11.8 Å². The second-order valence-electron chi connectivity index (χ2n) is 4.74. The highest BCUT2D eigenvalue weighted by atomic mass is 16.5. The number of hydrogen-bond donors (Lipinski definition) is 1. The van der Waals surface area contributed by atoms with Crippen molar-refractivity contribution in [3.8, 4) is 0 Å². The third-order valence-corrected chi connectivity index (χ3v) is 3.32. The summed E-state index contributed by atoms with van der Waals surface area (Å²) in [6, 6.07) is 0.412. The third-order valence-electron chi connectivity index (χ3n) is 3.32. The van der Waals surface area contributed by atoms with Gasteiger partial charge in [0, 0.05) is 25.7 Å². The average Bonchev–Trinajstić information content (AvgIpc) is 2.26. The first kappa shape index (κ1) is 12.9. The normalized spacial score (nSPS) is 26.6. The standard InChI is InChI=1S/C12H25NO2/c1-9(2)12(14-4)11(13-3)10-6-5-7-15-8-10/h9-13H,5-8H2,1-4H3. The van der Waals surface area contributed by atoms with Gasteiger partial charge in [0.2, 0.25) is 0 Å². The number of nitrogens with one attached hydrogen (secondary N) is 1. The average molecular weight is 215 g/mol. The molecular formula is C12H25NO2. The van der Waals surface area contributed by atoms with Crippen molar-refractivity contribution in [2.75, 3.05) is 27.4 Å². The van der Waals surface area contributed by atoms with Crippen molar-refractivity contribution in [3.05, 3.63) is 0 Å². The zero-order valence-electron chi connectivity index (χ0n) is 10.5. The van der Waals surface area contributed by atoms with Gasteiger partial charge in [-0.1, -0.05) is 13.8 Å². The molecule has 0 aromatic carbocycles. The van der Waals surface area contributed by atoms with E-state index >= 15 is 0 Å². The number of rotatable bonds is 5. The minimum absolute atomic E-state index is 0.279. The Kier molecular flexibility index (Phi) is 5.58. The predicted molar refractivity (Wildman–Crippen MR) is 62.0 cm³/mol. The Morgan fingerprint density at radius 2 is 2.13 bits per heavy atom. The molecule has 1 N–H and O–H groups in total. The first-order valence-electron chi connectivity index (χ1n) is 5.98. The van der Waals surface area contributed by atoms with Crippen molar-refractivity contribution in [1.29, 1.82) is 0 Å². The van der Waals surface area contributed by atoms with Gasteiger partial charge in [-0.3, -0.25) is 0 Å². The fourth-order valence-corrected chi connectivity index (χ4v) is 2.55. The van der Waals surface area contributed by atoms with Gasteiger partial charge in [-0.25, -0.2) is 0 Å². The molecule has 3 nitrogen and oxygen atoms in total. The molecule has 3 atom stereocenters. The highest BCUT2D eigenvalue weighted by molar-refractivity contribution is 4.85. The summed E-state index contributed by atoms with van der Waals surface area (Å²) in [7, 11) is 3.83. The maximum absolute atomic E-state index is 5.60. The van der Waals surface area contributed by atoms with E-state index in [1.807, 2.05) is 7.05 Å². The third kappa shape index (κ3) is 3.44. The van der Waals surface area contributed by atoms with Crippen LogP contribution in [0.5, 0.6) is 0 Å². The van der Waals surface area contributed by atoms with E-state index in [0.717, 1.165) is 13.2 Å². The molecule has 0 aromatic heterocycles. The van der Waals surface area contributed by atoms with Gasteiger partial charge in [-0.2, -0.15) is 0 Å². The van der Waals surface area contributed by atoms with Crippen LogP contribution in [0.25, 0.3) is 0 Å². The first-order chi connectivity index (χ1) is 7.20. The van der Waals surface area contributed by atoms with Crippen molar-refractivity contribution >= 4 is 0 Å². The van der Waals surface area contributed by atoms with Crippen LogP contribution in [0.4, 0.5) is 0 Å². The van der Waals surface area contributed by atoms with Gasteiger partial charge >= 0.3 is 0 Å². The van der Waals surface area contributed by atoms with Gasteiger partial charge in [0.15, 0.2) is 0 Å². The lowest BCUT2D eigenvalue weighted by atomic mass is 9.86. The van der Waals surface area contributed by atoms with Crippen LogP contribution in [0, 0.1) is 11.8 Å². The van der Waals surface area contributed by atoms with Gasteiger partial charge in [0.1, 0.15) is 0 Å². The number of likely N-dealkylation sites (N-methyl/N-ethyl adjacent to an activating group) is 1. The smallest absolute Gasteiger partial charge is 0.0750 e. The van der Waals surface area contributed by atoms with Crippen molar-refractivity contribution < 1.29 is 9.47 Å². The molecular weight excluding hydrogens is 190 g/mol. The summed E-state index contributed by atoms with van der Waals surface area (Å²) in [4.78, 5) is 0. The fraction of sp³-hybridized carbons (Fsp3) is 1.00. The summed E-state index contributed by atoms with van der Waals surface area (Å²) in [5.41, 5.74) is 0. The maximum atomic E-state index is 5.60. The van der Waals surface area contributed by atoms with E-state index in [0.29, 0.717) is 17.9 Å². The zero-order chi connectivity index (χ0) is 11.3. The Balaban J connectivity index is 2.58. The monoisotopic (exact) mass is 215 g/mol. The molecule has 1 fully saturated rings. The van der Waals surface area contributed by atoms with Crippen LogP contribution in [0.2, 0.25) is 0 Å². The van der Waals surface area contributed by atoms with E-state index in [1.54, 1.807) is 7.11 Å². The van der Waals surface area contributed by atoms with Gasteiger partial charge in [0.25, 0.3) is 0 Å². The molecule has 0 aliphatic carbocycles. The first-order valence-corrected chi connectivity index (χ1v) is 5.98. The van der Waals surface area contributed by atoms with Crippen molar-refractivity contribution in [2.45, 2.75) is 38.8 Å². The van der Waals surface area contributed by atoms with Gasteiger partial charge < -0.3 is 14.8 Å². The van der Waals surface area contributed by atoms with Crippen LogP contribution in [0.1, 0.15) is 26.7 Å². The van der Waals surface area contributed by atoms with Crippen LogP contribution in [-0.2, 0) is 9.47 Å². The summed E-state index contributed by atoms with van der Waals surface area (Å²) >= 11 is 0. The minimum Gasteiger partial charge on any atom is -0.381 e. The molecule has 0 radical (unpaired) electrons. The molecule has 3 unspecified atom stereocenters. The van der Waals surface area contributed by atoms with Crippen LogP contribution >= 0.6 is 0 Å². The predicted octanol–water partition coefficient (Wildman–Crippen LogP) is 1.67.